The Kier molecular flexibility index (Phi) is 4.43. The largest absolute Gasteiger partial charge is 0.382 e. The molecule has 1 aliphatic carbocycles. The Morgan fingerprint density at radius 1 is 1.57 bits per heavy atom. The molecule has 0 saturated heterocycles. The number of rotatable bonds is 5. The SMILES string of the molecule is CCOC1CC(NC(=O)c2sc(N(C)C)nc2N)C1(C)C. The van der Waals surface area contributed by atoms with Crippen molar-refractivity contribution in [1.29, 1.82) is 0 Å². The van der Waals surface area contributed by atoms with Crippen LogP contribution in [0.3, 0.4) is 0 Å². The van der Waals surface area contributed by atoms with Crippen molar-refractivity contribution in [3.8, 4) is 0 Å². The fourth-order valence-corrected chi connectivity index (χ4v) is 3.32. The highest BCUT2D eigenvalue weighted by molar-refractivity contribution is 7.18. The molecule has 0 bridgehead atoms. The second-order valence-electron chi connectivity index (χ2n) is 6.13. The van der Waals surface area contributed by atoms with Gasteiger partial charge in [-0.2, -0.15) is 0 Å². The molecule has 0 aromatic carbocycles. The van der Waals surface area contributed by atoms with Gasteiger partial charge in [-0.05, 0) is 13.3 Å². The molecule has 1 amide bonds. The second-order valence-corrected chi connectivity index (χ2v) is 7.11. The molecule has 2 rings (SSSR count). The van der Waals surface area contributed by atoms with Crippen LogP contribution in [-0.2, 0) is 4.74 Å². The van der Waals surface area contributed by atoms with E-state index >= 15 is 0 Å². The third-order valence-electron chi connectivity index (χ3n) is 4.08. The fraction of sp³-hybridized carbons (Fsp3) is 0.714. The lowest BCUT2D eigenvalue weighted by atomic mass is 9.64. The molecule has 1 fully saturated rings. The van der Waals surface area contributed by atoms with Crippen LogP contribution in [0.25, 0.3) is 0 Å². The van der Waals surface area contributed by atoms with Crippen molar-refractivity contribution in [1.82, 2.24) is 10.3 Å². The van der Waals surface area contributed by atoms with E-state index in [-0.39, 0.29) is 23.5 Å². The van der Waals surface area contributed by atoms with Crippen LogP contribution < -0.4 is 16.0 Å². The van der Waals surface area contributed by atoms with Crippen LogP contribution in [0.2, 0.25) is 0 Å². The van der Waals surface area contributed by atoms with Gasteiger partial charge in [-0.25, -0.2) is 4.98 Å². The zero-order chi connectivity index (χ0) is 15.8. The van der Waals surface area contributed by atoms with Crippen molar-refractivity contribution in [3.05, 3.63) is 4.88 Å². The van der Waals surface area contributed by atoms with Gasteiger partial charge >= 0.3 is 0 Å². The molecular formula is C14H24N4O2S. The van der Waals surface area contributed by atoms with Gasteiger partial charge in [-0.15, -0.1) is 0 Å². The first-order valence-electron chi connectivity index (χ1n) is 7.13. The van der Waals surface area contributed by atoms with Crippen molar-refractivity contribution < 1.29 is 9.53 Å². The molecule has 1 aromatic rings. The summed E-state index contributed by atoms with van der Waals surface area (Å²) in [5, 5.41) is 3.79. The molecular weight excluding hydrogens is 288 g/mol. The smallest absolute Gasteiger partial charge is 0.265 e. The van der Waals surface area contributed by atoms with Crippen molar-refractivity contribution in [2.24, 2.45) is 5.41 Å². The minimum absolute atomic E-state index is 0.0600. The summed E-state index contributed by atoms with van der Waals surface area (Å²) in [5.74, 6) is 0.144. The lowest BCUT2D eigenvalue weighted by Crippen LogP contribution is -2.62. The van der Waals surface area contributed by atoms with Gasteiger partial charge in [0.1, 0.15) is 10.7 Å². The summed E-state index contributed by atoms with van der Waals surface area (Å²) in [6, 6.07) is 0.103. The number of thiazole rings is 1. The van der Waals surface area contributed by atoms with Gasteiger partial charge < -0.3 is 20.7 Å². The maximum Gasteiger partial charge on any atom is 0.265 e. The second kappa shape index (κ2) is 5.81. The monoisotopic (exact) mass is 312 g/mol. The predicted molar refractivity (Wildman–Crippen MR) is 85.9 cm³/mol. The third kappa shape index (κ3) is 2.98. The zero-order valence-corrected chi connectivity index (χ0v) is 14.1. The highest BCUT2D eigenvalue weighted by Crippen LogP contribution is 2.43. The highest BCUT2D eigenvalue weighted by Gasteiger charge is 2.49. The van der Waals surface area contributed by atoms with E-state index in [4.69, 9.17) is 10.5 Å². The molecule has 7 heteroatoms. The lowest BCUT2D eigenvalue weighted by Gasteiger charge is -2.51. The van der Waals surface area contributed by atoms with Gasteiger partial charge in [0.2, 0.25) is 0 Å². The van der Waals surface area contributed by atoms with Crippen molar-refractivity contribution in [2.75, 3.05) is 31.3 Å². The summed E-state index contributed by atoms with van der Waals surface area (Å²) in [6.45, 7) is 6.91. The number of carbonyl (C=O) groups excluding carboxylic acids is 1. The molecule has 118 valence electrons. The van der Waals surface area contributed by atoms with Crippen LogP contribution in [0.15, 0.2) is 0 Å². The van der Waals surface area contributed by atoms with Crippen molar-refractivity contribution >= 4 is 28.2 Å². The third-order valence-corrected chi connectivity index (χ3v) is 5.32. The van der Waals surface area contributed by atoms with E-state index in [1.807, 2.05) is 25.9 Å². The topological polar surface area (TPSA) is 80.5 Å². The first kappa shape index (κ1) is 16.0. The Morgan fingerprint density at radius 3 is 2.71 bits per heavy atom. The molecule has 21 heavy (non-hydrogen) atoms. The first-order chi connectivity index (χ1) is 9.77. The van der Waals surface area contributed by atoms with E-state index < -0.39 is 0 Å². The molecule has 3 N–H and O–H groups in total. The van der Waals surface area contributed by atoms with Crippen LogP contribution in [0, 0.1) is 5.41 Å². The highest BCUT2D eigenvalue weighted by atomic mass is 32.1. The van der Waals surface area contributed by atoms with Gasteiger partial charge in [0.15, 0.2) is 5.13 Å². The molecule has 1 saturated carbocycles. The molecule has 6 nitrogen and oxygen atoms in total. The summed E-state index contributed by atoms with van der Waals surface area (Å²) < 4.78 is 5.68. The van der Waals surface area contributed by atoms with E-state index in [9.17, 15) is 4.79 Å². The number of anilines is 2. The number of hydrogen-bond acceptors (Lipinski definition) is 6. The molecule has 0 spiro atoms. The van der Waals surface area contributed by atoms with Crippen LogP contribution >= 0.6 is 11.3 Å². The maximum atomic E-state index is 12.4. The Hall–Kier alpha value is -1.34. The van der Waals surface area contributed by atoms with Crippen molar-refractivity contribution in [3.63, 3.8) is 0 Å². The molecule has 1 aliphatic rings. The fourth-order valence-electron chi connectivity index (χ4n) is 2.51. The minimum atomic E-state index is -0.147. The Morgan fingerprint density at radius 2 is 2.24 bits per heavy atom. The summed E-state index contributed by atoms with van der Waals surface area (Å²) in [5.41, 5.74) is 5.78. The van der Waals surface area contributed by atoms with Crippen LogP contribution in [0.4, 0.5) is 10.9 Å². The molecule has 0 aliphatic heterocycles. The number of nitrogens with zero attached hydrogens (tertiary/aromatic N) is 2. The molecule has 2 unspecified atom stereocenters. The van der Waals surface area contributed by atoms with Crippen LogP contribution in [-0.4, -0.2) is 43.7 Å². The van der Waals surface area contributed by atoms with Crippen LogP contribution in [0.1, 0.15) is 36.9 Å². The molecule has 2 atom stereocenters. The minimum Gasteiger partial charge on any atom is -0.382 e. The number of hydrogen-bond donors (Lipinski definition) is 2. The van der Waals surface area contributed by atoms with Gasteiger partial charge in [0, 0.05) is 32.2 Å². The van der Waals surface area contributed by atoms with Gasteiger partial charge in [0.05, 0.1) is 6.10 Å². The van der Waals surface area contributed by atoms with Crippen LogP contribution in [0.5, 0.6) is 0 Å². The molecule has 1 heterocycles. The predicted octanol–water partition coefficient (Wildman–Crippen LogP) is 1.72. The normalized spacial score (nSPS) is 23.5. The Bertz CT molecular complexity index is 527. The van der Waals surface area contributed by atoms with Gasteiger partial charge in [0.25, 0.3) is 5.91 Å². The molecule has 1 aromatic heterocycles. The number of carbonyl (C=O) groups is 1. The summed E-state index contributed by atoms with van der Waals surface area (Å²) in [4.78, 5) is 18.9. The number of nitrogens with two attached hydrogens (primary N) is 1. The summed E-state index contributed by atoms with van der Waals surface area (Å²) >= 11 is 1.31. The average Bonchev–Trinajstić information content (AvgIpc) is 2.80. The standard InChI is InChI=1S/C14H24N4O2S/c1-6-20-9-7-8(14(9,2)3)16-12(19)10-11(15)17-13(21-10)18(4)5/h8-9H,6-7,15H2,1-5H3,(H,16,19). The van der Waals surface area contributed by atoms with Crippen molar-refractivity contribution in [2.45, 2.75) is 39.3 Å². The average molecular weight is 312 g/mol. The molecule has 0 radical (unpaired) electrons. The maximum absolute atomic E-state index is 12.4. The van der Waals surface area contributed by atoms with E-state index in [2.05, 4.69) is 24.1 Å². The Labute approximate surface area is 129 Å². The van der Waals surface area contributed by atoms with Gasteiger partial charge in [-0.3, -0.25) is 4.79 Å². The van der Waals surface area contributed by atoms with E-state index in [1.54, 1.807) is 0 Å². The van der Waals surface area contributed by atoms with E-state index in [1.165, 1.54) is 11.3 Å². The summed E-state index contributed by atoms with van der Waals surface area (Å²) in [6.07, 6.45) is 1.04. The number of amides is 1. The van der Waals surface area contributed by atoms with E-state index in [0.717, 1.165) is 11.6 Å². The van der Waals surface area contributed by atoms with E-state index in [0.29, 0.717) is 17.3 Å². The number of aromatic nitrogens is 1. The zero-order valence-electron chi connectivity index (χ0n) is 13.3. The number of nitrogen functional groups attached to an aromatic ring is 1. The Balaban J connectivity index is 2.03. The lowest BCUT2D eigenvalue weighted by molar-refractivity contribution is -0.111. The first-order valence-corrected chi connectivity index (χ1v) is 7.95. The summed E-state index contributed by atoms with van der Waals surface area (Å²) in [7, 11) is 3.75. The quantitative estimate of drug-likeness (QED) is 0.865. The number of ether oxygens (including phenoxy) is 1. The number of nitrogens with one attached hydrogen (secondary N) is 1. The van der Waals surface area contributed by atoms with Gasteiger partial charge in [-0.1, -0.05) is 25.2 Å².